The molecule has 0 fully saturated rings. The standard InChI is InChI=1S/C16H20N2O4/c1-16(2,3)13-9-14(18-22-13)17-15(19)10-6-7-11(20-4)12(8-10)21-5/h6-9H,1-5H3,(H,17,18,19). The molecular weight excluding hydrogens is 284 g/mol. The maximum absolute atomic E-state index is 12.3. The van der Waals surface area contributed by atoms with Crippen LogP contribution in [0.1, 0.15) is 36.9 Å². The molecule has 118 valence electrons. The molecule has 1 aromatic carbocycles. The van der Waals surface area contributed by atoms with Gasteiger partial charge in [0.05, 0.1) is 14.2 Å². The average Bonchev–Trinajstić information content (AvgIpc) is 2.95. The van der Waals surface area contributed by atoms with Crippen LogP contribution in [0.4, 0.5) is 5.82 Å². The normalized spacial score (nSPS) is 11.1. The number of ether oxygens (including phenoxy) is 2. The van der Waals surface area contributed by atoms with E-state index in [1.807, 2.05) is 20.8 Å². The van der Waals surface area contributed by atoms with E-state index in [9.17, 15) is 4.79 Å². The molecule has 22 heavy (non-hydrogen) atoms. The van der Waals surface area contributed by atoms with Crippen LogP contribution in [0.25, 0.3) is 0 Å². The van der Waals surface area contributed by atoms with Crippen LogP contribution in [0.5, 0.6) is 11.5 Å². The van der Waals surface area contributed by atoms with Gasteiger partial charge in [0.15, 0.2) is 17.3 Å². The van der Waals surface area contributed by atoms with Crippen LogP contribution in [-0.4, -0.2) is 25.3 Å². The number of hydrogen-bond acceptors (Lipinski definition) is 5. The number of carbonyl (C=O) groups excluding carboxylic acids is 1. The minimum atomic E-state index is -0.297. The van der Waals surface area contributed by atoms with Gasteiger partial charge in [-0.2, -0.15) is 0 Å². The van der Waals surface area contributed by atoms with Gasteiger partial charge >= 0.3 is 0 Å². The minimum absolute atomic E-state index is 0.167. The summed E-state index contributed by atoms with van der Waals surface area (Å²) in [6, 6.07) is 6.66. The van der Waals surface area contributed by atoms with Crippen molar-refractivity contribution in [3.05, 3.63) is 35.6 Å². The third-order valence-corrected chi connectivity index (χ3v) is 3.14. The van der Waals surface area contributed by atoms with Crippen LogP contribution < -0.4 is 14.8 Å². The zero-order chi connectivity index (χ0) is 16.3. The predicted octanol–water partition coefficient (Wildman–Crippen LogP) is 3.24. The summed E-state index contributed by atoms with van der Waals surface area (Å²) < 4.78 is 15.6. The molecule has 0 saturated carbocycles. The van der Waals surface area contributed by atoms with Crippen molar-refractivity contribution < 1.29 is 18.8 Å². The van der Waals surface area contributed by atoms with Crippen LogP contribution in [0.2, 0.25) is 0 Å². The third-order valence-electron chi connectivity index (χ3n) is 3.14. The van der Waals surface area contributed by atoms with E-state index in [1.54, 1.807) is 31.4 Å². The first-order chi connectivity index (χ1) is 10.3. The van der Waals surface area contributed by atoms with E-state index < -0.39 is 0 Å². The number of methoxy groups -OCH3 is 2. The predicted molar refractivity (Wildman–Crippen MR) is 82.7 cm³/mol. The summed E-state index contributed by atoms with van der Waals surface area (Å²) >= 11 is 0. The van der Waals surface area contributed by atoms with E-state index in [2.05, 4.69) is 10.5 Å². The Bertz CT molecular complexity index is 671. The van der Waals surface area contributed by atoms with Gasteiger partial charge in [-0.25, -0.2) is 0 Å². The molecule has 6 heteroatoms. The molecule has 0 saturated heterocycles. The van der Waals surface area contributed by atoms with Gasteiger partial charge in [-0.1, -0.05) is 25.9 Å². The Balaban J connectivity index is 2.17. The number of anilines is 1. The molecule has 0 unspecified atom stereocenters. The van der Waals surface area contributed by atoms with Crippen molar-refractivity contribution in [2.45, 2.75) is 26.2 Å². The molecule has 6 nitrogen and oxygen atoms in total. The highest BCUT2D eigenvalue weighted by Gasteiger charge is 2.20. The highest BCUT2D eigenvalue weighted by Crippen LogP contribution is 2.28. The van der Waals surface area contributed by atoms with Crippen LogP contribution in [0, 0.1) is 0 Å². The van der Waals surface area contributed by atoms with Gasteiger partial charge in [0, 0.05) is 17.0 Å². The number of aromatic nitrogens is 1. The van der Waals surface area contributed by atoms with Crippen molar-refractivity contribution in [2.75, 3.05) is 19.5 Å². The smallest absolute Gasteiger partial charge is 0.257 e. The van der Waals surface area contributed by atoms with Crippen LogP contribution in [0.15, 0.2) is 28.8 Å². The lowest BCUT2D eigenvalue weighted by Crippen LogP contribution is -2.12. The molecule has 0 aliphatic rings. The van der Waals surface area contributed by atoms with Crippen LogP contribution in [0.3, 0.4) is 0 Å². The van der Waals surface area contributed by atoms with E-state index in [0.717, 1.165) is 0 Å². The first-order valence-electron chi connectivity index (χ1n) is 6.85. The Labute approximate surface area is 129 Å². The van der Waals surface area contributed by atoms with Gasteiger partial charge in [0.25, 0.3) is 5.91 Å². The molecule has 1 heterocycles. The quantitative estimate of drug-likeness (QED) is 0.938. The fourth-order valence-corrected chi connectivity index (χ4v) is 1.85. The summed E-state index contributed by atoms with van der Waals surface area (Å²) in [5.41, 5.74) is 0.275. The molecule has 0 aliphatic heterocycles. The highest BCUT2D eigenvalue weighted by molar-refractivity contribution is 6.04. The van der Waals surface area contributed by atoms with E-state index in [-0.39, 0.29) is 11.3 Å². The number of amides is 1. The summed E-state index contributed by atoms with van der Waals surface area (Å²) in [6.07, 6.45) is 0. The summed E-state index contributed by atoms with van der Waals surface area (Å²) in [7, 11) is 3.06. The second-order valence-corrected chi connectivity index (χ2v) is 5.85. The molecule has 1 N–H and O–H groups in total. The average molecular weight is 304 g/mol. The highest BCUT2D eigenvalue weighted by atomic mass is 16.5. The van der Waals surface area contributed by atoms with Gasteiger partial charge < -0.3 is 19.3 Å². The monoisotopic (exact) mass is 304 g/mol. The Morgan fingerprint density at radius 3 is 2.36 bits per heavy atom. The molecule has 0 spiro atoms. The zero-order valence-corrected chi connectivity index (χ0v) is 13.4. The summed E-state index contributed by atoms with van der Waals surface area (Å²) in [4.78, 5) is 12.3. The molecule has 2 aromatic rings. The first-order valence-corrected chi connectivity index (χ1v) is 6.85. The fourth-order valence-electron chi connectivity index (χ4n) is 1.85. The second-order valence-electron chi connectivity index (χ2n) is 5.85. The lowest BCUT2D eigenvalue weighted by Gasteiger charge is -2.12. The fraction of sp³-hybridized carbons (Fsp3) is 0.375. The van der Waals surface area contributed by atoms with E-state index in [0.29, 0.717) is 28.6 Å². The van der Waals surface area contributed by atoms with Crippen molar-refractivity contribution in [2.24, 2.45) is 0 Å². The van der Waals surface area contributed by atoms with E-state index in [1.165, 1.54) is 7.11 Å². The van der Waals surface area contributed by atoms with Gasteiger partial charge in [-0.15, -0.1) is 0 Å². The van der Waals surface area contributed by atoms with E-state index in [4.69, 9.17) is 14.0 Å². The lowest BCUT2D eigenvalue weighted by molar-refractivity contribution is 0.102. The number of hydrogen-bond donors (Lipinski definition) is 1. The van der Waals surface area contributed by atoms with Gasteiger partial charge in [-0.3, -0.25) is 4.79 Å². The molecule has 0 bridgehead atoms. The molecule has 1 amide bonds. The number of nitrogens with zero attached hydrogens (tertiary/aromatic N) is 1. The Morgan fingerprint density at radius 1 is 1.14 bits per heavy atom. The summed E-state index contributed by atoms with van der Waals surface area (Å²) in [5, 5.41) is 6.56. The number of rotatable bonds is 4. The molecule has 0 aliphatic carbocycles. The Kier molecular flexibility index (Phi) is 4.40. The van der Waals surface area contributed by atoms with Crippen LogP contribution >= 0.6 is 0 Å². The van der Waals surface area contributed by atoms with E-state index >= 15 is 0 Å². The SMILES string of the molecule is COc1ccc(C(=O)Nc2cc(C(C)(C)C)on2)cc1OC. The number of carbonyl (C=O) groups is 1. The minimum Gasteiger partial charge on any atom is -0.493 e. The van der Waals surface area contributed by atoms with Crippen molar-refractivity contribution >= 4 is 11.7 Å². The maximum atomic E-state index is 12.3. The van der Waals surface area contributed by atoms with Crippen molar-refractivity contribution in [1.82, 2.24) is 5.16 Å². The Morgan fingerprint density at radius 2 is 1.82 bits per heavy atom. The van der Waals surface area contributed by atoms with Gasteiger partial charge in [0.1, 0.15) is 5.76 Å². The topological polar surface area (TPSA) is 73.6 Å². The summed E-state index contributed by atoms with van der Waals surface area (Å²) in [6.45, 7) is 6.02. The molecule has 0 atom stereocenters. The Hall–Kier alpha value is -2.50. The van der Waals surface area contributed by atoms with Crippen molar-refractivity contribution in [3.63, 3.8) is 0 Å². The zero-order valence-electron chi connectivity index (χ0n) is 13.4. The van der Waals surface area contributed by atoms with Crippen LogP contribution in [-0.2, 0) is 5.41 Å². The molecule has 2 rings (SSSR count). The molecular formula is C16H20N2O4. The van der Waals surface area contributed by atoms with Gasteiger partial charge in [0.2, 0.25) is 0 Å². The maximum Gasteiger partial charge on any atom is 0.257 e. The second kappa shape index (κ2) is 6.09. The number of nitrogens with one attached hydrogen (secondary N) is 1. The third kappa shape index (κ3) is 3.39. The van der Waals surface area contributed by atoms with Gasteiger partial charge in [-0.05, 0) is 18.2 Å². The largest absolute Gasteiger partial charge is 0.493 e. The lowest BCUT2D eigenvalue weighted by atomic mass is 9.93. The first kappa shape index (κ1) is 15.9. The number of benzene rings is 1. The van der Waals surface area contributed by atoms with Crippen molar-refractivity contribution in [3.8, 4) is 11.5 Å². The molecule has 0 radical (unpaired) electrons. The summed E-state index contributed by atoms with van der Waals surface area (Å²) in [5.74, 6) is 1.84. The van der Waals surface area contributed by atoms with Crippen molar-refractivity contribution in [1.29, 1.82) is 0 Å². The molecule has 1 aromatic heterocycles.